The fraction of sp³-hybridized carbons (Fsp3) is 0.0400. The number of benzene rings is 3. The minimum atomic E-state index is -0.140. The van der Waals surface area contributed by atoms with Crippen LogP contribution < -0.4 is 4.90 Å². The molecule has 0 bridgehead atoms. The quantitative estimate of drug-likeness (QED) is 0.198. The van der Waals surface area contributed by atoms with Crippen molar-refractivity contribution in [2.45, 2.75) is 6.54 Å². The van der Waals surface area contributed by atoms with Crippen molar-refractivity contribution in [3.05, 3.63) is 105 Å². The van der Waals surface area contributed by atoms with Crippen LogP contribution in [0.3, 0.4) is 0 Å². The summed E-state index contributed by atoms with van der Waals surface area (Å²) in [6.07, 6.45) is 4.03. The molecule has 1 saturated heterocycles. The van der Waals surface area contributed by atoms with Gasteiger partial charge in [0.25, 0.3) is 5.91 Å². The second kappa shape index (κ2) is 8.87. The van der Waals surface area contributed by atoms with E-state index in [0.29, 0.717) is 19.9 Å². The number of amides is 1. The molecule has 0 unspecified atom stereocenters. The van der Waals surface area contributed by atoms with Crippen molar-refractivity contribution in [3.8, 4) is 0 Å². The van der Waals surface area contributed by atoms with Crippen molar-refractivity contribution < 1.29 is 4.79 Å². The summed E-state index contributed by atoms with van der Waals surface area (Å²) >= 11 is 16.5. The van der Waals surface area contributed by atoms with Gasteiger partial charge in [-0.2, -0.15) is 0 Å². The minimum Gasteiger partial charge on any atom is -0.342 e. The molecule has 1 fully saturated rings. The van der Waals surface area contributed by atoms with E-state index < -0.39 is 0 Å². The SMILES string of the molecule is O=C1/C(=C/c2cn(Cc3ccccc3)c3ccccc23)SC(=S)N1c1ccc(Br)c(Cl)c1. The number of nitrogens with zero attached hydrogens (tertiary/aromatic N) is 2. The number of hydrogen-bond acceptors (Lipinski definition) is 3. The third kappa shape index (κ3) is 4.04. The Bertz CT molecular complexity index is 1400. The molecule has 7 heteroatoms. The molecule has 0 aliphatic carbocycles. The average Bonchev–Trinajstić information content (AvgIpc) is 3.28. The van der Waals surface area contributed by atoms with E-state index in [0.717, 1.165) is 27.5 Å². The second-order valence-corrected chi connectivity index (χ2v) is 10.3. The molecule has 3 aromatic carbocycles. The molecule has 5 rings (SSSR count). The highest BCUT2D eigenvalue weighted by molar-refractivity contribution is 9.10. The van der Waals surface area contributed by atoms with E-state index in [1.807, 2.05) is 48.5 Å². The number of fused-ring (bicyclic) bond motifs is 1. The summed E-state index contributed by atoms with van der Waals surface area (Å²) < 4.78 is 3.48. The van der Waals surface area contributed by atoms with Gasteiger partial charge in [0.05, 0.1) is 15.6 Å². The number of para-hydroxylation sites is 1. The number of anilines is 1. The maximum Gasteiger partial charge on any atom is 0.270 e. The van der Waals surface area contributed by atoms with Crippen molar-refractivity contribution in [1.29, 1.82) is 0 Å². The van der Waals surface area contributed by atoms with Gasteiger partial charge in [0.1, 0.15) is 0 Å². The van der Waals surface area contributed by atoms with Crippen LogP contribution in [0.4, 0.5) is 5.69 Å². The highest BCUT2D eigenvalue weighted by Crippen LogP contribution is 2.39. The van der Waals surface area contributed by atoms with Crippen molar-refractivity contribution in [2.75, 3.05) is 4.90 Å². The highest BCUT2D eigenvalue weighted by atomic mass is 79.9. The minimum absolute atomic E-state index is 0.140. The molecule has 4 aromatic rings. The smallest absolute Gasteiger partial charge is 0.270 e. The van der Waals surface area contributed by atoms with E-state index in [4.69, 9.17) is 23.8 Å². The third-order valence-electron chi connectivity index (χ3n) is 5.26. The number of rotatable bonds is 4. The standard InChI is InChI=1S/C25H16BrClN2OS2/c26-20-11-10-18(13-21(20)27)29-24(30)23(32-25(29)31)12-17-15-28(14-16-6-2-1-3-7-16)22-9-5-4-8-19(17)22/h1-13,15H,14H2/b23-12-. The highest BCUT2D eigenvalue weighted by Gasteiger charge is 2.33. The summed E-state index contributed by atoms with van der Waals surface area (Å²) in [5.74, 6) is -0.140. The van der Waals surface area contributed by atoms with Crippen molar-refractivity contribution in [2.24, 2.45) is 0 Å². The van der Waals surface area contributed by atoms with Crippen LogP contribution in [0.15, 0.2) is 88.4 Å². The summed E-state index contributed by atoms with van der Waals surface area (Å²) in [5.41, 5.74) is 4.00. The first kappa shape index (κ1) is 21.5. The summed E-state index contributed by atoms with van der Waals surface area (Å²) in [7, 11) is 0. The Hall–Kier alpha value is -2.38. The molecule has 32 heavy (non-hydrogen) atoms. The maximum absolute atomic E-state index is 13.2. The number of carbonyl (C=O) groups excluding carboxylic acids is 1. The van der Waals surface area contributed by atoms with Gasteiger partial charge < -0.3 is 4.57 Å². The first-order chi connectivity index (χ1) is 15.5. The van der Waals surface area contributed by atoms with Crippen LogP contribution in [0.2, 0.25) is 5.02 Å². The van der Waals surface area contributed by atoms with E-state index in [1.54, 1.807) is 6.07 Å². The van der Waals surface area contributed by atoms with Crippen LogP contribution >= 0.6 is 51.5 Å². The molecule has 0 saturated carbocycles. The molecule has 2 heterocycles. The van der Waals surface area contributed by atoms with E-state index in [9.17, 15) is 4.79 Å². The molecule has 1 amide bonds. The van der Waals surface area contributed by atoms with Crippen LogP contribution in [0.5, 0.6) is 0 Å². The van der Waals surface area contributed by atoms with Crippen LogP contribution in [0.25, 0.3) is 17.0 Å². The van der Waals surface area contributed by atoms with E-state index in [1.165, 1.54) is 22.2 Å². The number of hydrogen-bond donors (Lipinski definition) is 0. The second-order valence-electron chi connectivity index (χ2n) is 7.33. The Balaban J connectivity index is 1.52. The lowest BCUT2D eigenvalue weighted by atomic mass is 10.1. The molecule has 0 spiro atoms. The van der Waals surface area contributed by atoms with Gasteiger partial charge in [0.2, 0.25) is 0 Å². The Morgan fingerprint density at radius 1 is 1.03 bits per heavy atom. The summed E-state index contributed by atoms with van der Waals surface area (Å²) in [6.45, 7) is 0.757. The maximum atomic E-state index is 13.2. The summed E-state index contributed by atoms with van der Waals surface area (Å²) in [5, 5.41) is 1.63. The van der Waals surface area contributed by atoms with Crippen LogP contribution in [-0.4, -0.2) is 14.8 Å². The van der Waals surface area contributed by atoms with E-state index in [2.05, 4.69) is 51.0 Å². The van der Waals surface area contributed by atoms with E-state index >= 15 is 0 Å². The topological polar surface area (TPSA) is 25.2 Å². The Labute approximate surface area is 208 Å². The molecule has 0 radical (unpaired) electrons. The Kier molecular flexibility index (Phi) is 5.95. The van der Waals surface area contributed by atoms with Crippen molar-refractivity contribution in [1.82, 2.24) is 4.57 Å². The molecular formula is C25H16BrClN2OS2. The van der Waals surface area contributed by atoms with Gasteiger partial charge in [0, 0.05) is 33.7 Å². The zero-order chi connectivity index (χ0) is 22.2. The lowest BCUT2D eigenvalue weighted by Gasteiger charge is -2.15. The lowest BCUT2D eigenvalue weighted by molar-refractivity contribution is -0.113. The van der Waals surface area contributed by atoms with Crippen LogP contribution in [-0.2, 0) is 11.3 Å². The van der Waals surface area contributed by atoms with Gasteiger partial charge in [0.15, 0.2) is 4.32 Å². The van der Waals surface area contributed by atoms with E-state index in [-0.39, 0.29) is 5.91 Å². The predicted octanol–water partition coefficient (Wildman–Crippen LogP) is 7.51. The van der Waals surface area contributed by atoms with Crippen LogP contribution in [0, 0.1) is 0 Å². The molecule has 158 valence electrons. The van der Waals surface area contributed by atoms with Crippen molar-refractivity contribution in [3.63, 3.8) is 0 Å². The Morgan fingerprint density at radius 3 is 2.56 bits per heavy atom. The van der Waals surface area contributed by atoms with Gasteiger partial charge in [-0.25, -0.2) is 0 Å². The number of aromatic nitrogens is 1. The number of carbonyl (C=O) groups is 1. The lowest BCUT2D eigenvalue weighted by Crippen LogP contribution is -2.27. The fourth-order valence-electron chi connectivity index (χ4n) is 3.76. The zero-order valence-corrected chi connectivity index (χ0v) is 20.6. The molecule has 1 aromatic heterocycles. The number of halogens is 2. The van der Waals surface area contributed by atoms with Gasteiger partial charge >= 0.3 is 0 Å². The van der Waals surface area contributed by atoms with Gasteiger partial charge in [-0.15, -0.1) is 0 Å². The number of thiocarbonyl (C=S) groups is 1. The monoisotopic (exact) mass is 538 g/mol. The molecule has 1 aliphatic rings. The first-order valence-electron chi connectivity index (χ1n) is 9.86. The van der Waals surface area contributed by atoms with Crippen molar-refractivity contribution >= 4 is 84.4 Å². The van der Waals surface area contributed by atoms with Gasteiger partial charge in [-0.05, 0) is 51.8 Å². The molecule has 0 N–H and O–H groups in total. The van der Waals surface area contributed by atoms with Gasteiger partial charge in [-0.3, -0.25) is 9.69 Å². The first-order valence-corrected chi connectivity index (χ1v) is 12.3. The molecule has 0 atom stereocenters. The summed E-state index contributed by atoms with van der Waals surface area (Å²) in [6, 6.07) is 23.9. The normalized spacial score (nSPS) is 15.3. The largest absolute Gasteiger partial charge is 0.342 e. The molecular weight excluding hydrogens is 524 g/mol. The Morgan fingerprint density at radius 2 is 1.78 bits per heavy atom. The van der Waals surface area contributed by atoms with Crippen LogP contribution in [0.1, 0.15) is 11.1 Å². The molecule has 3 nitrogen and oxygen atoms in total. The fourth-order valence-corrected chi connectivity index (χ4v) is 5.47. The molecule has 1 aliphatic heterocycles. The zero-order valence-electron chi connectivity index (χ0n) is 16.7. The third-order valence-corrected chi connectivity index (χ3v) is 7.79. The number of thioether (sulfide) groups is 1. The summed E-state index contributed by atoms with van der Waals surface area (Å²) in [4.78, 5) is 15.4. The predicted molar refractivity (Wildman–Crippen MR) is 142 cm³/mol. The van der Waals surface area contributed by atoms with Gasteiger partial charge in [-0.1, -0.05) is 84.1 Å². The average molecular weight is 540 g/mol.